The molecule has 0 aliphatic heterocycles. The monoisotopic (exact) mass is 180 g/mol. The van der Waals surface area contributed by atoms with Crippen molar-refractivity contribution >= 4 is 5.97 Å². The predicted molar refractivity (Wildman–Crippen MR) is 46.5 cm³/mol. The van der Waals surface area contributed by atoms with Gasteiger partial charge in [0.15, 0.2) is 0 Å². The number of carboxylic acid groups (broad SMARTS) is 1. The van der Waals surface area contributed by atoms with Gasteiger partial charge in [0.2, 0.25) is 0 Å². The van der Waals surface area contributed by atoms with Gasteiger partial charge in [-0.05, 0) is 25.7 Å². The maximum Gasteiger partial charge on any atom is 0.323 e. The minimum absolute atomic E-state index is 0.0440. The molecule has 1 aliphatic rings. The molecule has 0 radical (unpaired) electrons. The molecule has 1 aromatic rings. The average Bonchev–Trinajstić information content (AvgIpc) is 2.48. The maximum atomic E-state index is 10.5. The molecule has 0 saturated heterocycles. The van der Waals surface area contributed by atoms with Gasteiger partial charge >= 0.3 is 5.97 Å². The highest BCUT2D eigenvalue weighted by Crippen LogP contribution is 2.19. The van der Waals surface area contributed by atoms with E-state index in [-0.39, 0.29) is 6.54 Å². The molecule has 1 N–H and O–H groups in total. The third kappa shape index (κ3) is 1.56. The van der Waals surface area contributed by atoms with E-state index in [4.69, 9.17) is 5.11 Å². The first kappa shape index (κ1) is 8.29. The zero-order chi connectivity index (χ0) is 9.26. The third-order valence-electron chi connectivity index (χ3n) is 2.42. The van der Waals surface area contributed by atoms with Crippen LogP contribution in [0, 0.1) is 0 Å². The van der Waals surface area contributed by atoms with Gasteiger partial charge < -0.3 is 9.67 Å². The van der Waals surface area contributed by atoms with Crippen molar-refractivity contribution in [1.29, 1.82) is 0 Å². The first-order valence-corrected chi connectivity index (χ1v) is 4.52. The van der Waals surface area contributed by atoms with Gasteiger partial charge in [0, 0.05) is 5.69 Å². The fraction of sp³-hybridized carbons (Fsp3) is 0.556. The van der Waals surface area contributed by atoms with E-state index < -0.39 is 5.97 Å². The normalized spacial score (nSPS) is 15.4. The molecule has 1 aromatic heterocycles. The first-order chi connectivity index (χ1) is 6.27. The number of nitrogens with zero attached hydrogens (tertiary/aromatic N) is 2. The molecule has 0 aromatic carbocycles. The van der Waals surface area contributed by atoms with Crippen molar-refractivity contribution in [3.05, 3.63) is 17.7 Å². The fourth-order valence-electron chi connectivity index (χ4n) is 1.81. The predicted octanol–water partition coefficient (Wildman–Crippen LogP) is 0.847. The van der Waals surface area contributed by atoms with E-state index in [9.17, 15) is 4.79 Å². The number of aryl methyl sites for hydroxylation is 1. The molecule has 2 rings (SSSR count). The van der Waals surface area contributed by atoms with Crippen LogP contribution in [0.3, 0.4) is 0 Å². The van der Waals surface area contributed by atoms with E-state index in [1.54, 1.807) is 10.9 Å². The highest BCUT2D eigenvalue weighted by molar-refractivity contribution is 5.66. The Balaban J connectivity index is 2.26. The number of hydrogen-bond acceptors (Lipinski definition) is 2. The van der Waals surface area contributed by atoms with Gasteiger partial charge in [-0.1, -0.05) is 0 Å². The molecular formula is C9H12N2O2. The Morgan fingerprint density at radius 1 is 1.54 bits per heavy atom. The topological polar surface area (TPSA) is 55.1 Å². The molecule has 0 spiro atoms. The average molecular weight is 180 g/mol. The van der Waals surface area contributed by atoms with E-state index in [1.807, 2.05) is 0 Å². The lowest BCUT2D eigenvalue weighted by Crippen LogP contribution is -2.13. The molecule has 0 bridgehead atoms. The molecule has 4 nitrogen and oxygen atoms in total. The van der Waals surface area contributed by atoms with Crippen molar-refractivity contribution in [3.8, 4) is 0 Å². The molecule has 0 amide bonds. The quantitative estimate of drug-likeness (QED) is 0.734. The van der Waals surface area contributed by atoms with Crippen LogP contribution in [0.2, 0.25) is 0 Å². The number of aromatic nitrogens is 2. The Morgan fingerprint density at radius 2 is 2.31 bits per heavy atom. The molecule has 0 fully saturated rings. The lowest BCUT2D eigenvalue weighted by molar-refractivity contribution is -0.137. The molecule has 13 heavy (non-hydrogen) atoms. The van der Waals surface area contributed by atoms with Gasteiger partial charge in [0.1, 0.15) is 6.54 Å². The van der Waals surface area contributed by atoms with Crippen LogP contribution in [0.5, 0.6) is 0 Å². The van der Waals surface area contributed by atoms with E-state index in [0.717, 1.165) is 30.7 Å². The molecule has 0 saturated carbocycles. The number of carbonyl (C=O) groups is 1. The standard InChI is InChI=1S/C9H12N2O2/c12-9(13)5-11-6-10-7-3-1-2-4-8(7)11/h6H,1-5H2,(H,12,13). The van der Waals surface area contributed by atoms with Crippen LogP contribution in [-0.4, -0.2) is 20.6 Å². The zero-order valence-corrected chi connectivity index (χ0v) is 7.36. The van der Waals surface area contributed by atoms with Crippen LogP contribution in [0.15, 0.2) is 6.33 Å². The Bertz CT molecular complexity index is 330. The second-order valence-electron chi connectivity index (χ2n) is 3.37. The Kier molecular flexibility index (Phi) is 2.04. The van der Waals surface area contributed by atoms with Crippen molar-refractivity contribution in [2.45, 2.75) is 32.2 Å². The smallest absolute Gasteiger partial charge is 0.323 e. The summed E-state index contributed by atoms with van der Waals surface area (Å²) in [6.07, 6.45) is 5.95. The number of rotatable bonds is 2. The van der Waals surface area contributed by atoms with Crippen LogP contribution >= 0.6 is 0 Å². The summed E-state index contributed by atoms with van der Waals surface area (Å²) in [5.74, 6) is -0.800. The van der Waals surface area contributed by atoms with E-state index in [2.05, 4.69) is 4.98 Å². The summed E-state index contributed by atoms with van der Waals surface area (Å²) in [4.78, 5) is 14.7. The summed E-state index contributed by atoms with van der Waals surface area (Å²) in [6.45, 7) is 0.0440. The number of imidazole rings is 1. The van der Waals surface area contributed by atoms with Gasteiger partial charge in [0.25, 0.3) is 0 Å². The summed E-state index contributed by atoms with van der Waals surface area (Å²) in [5.41, 5.74) is 2.21. The molecular weight excluding hydrogens is 168 g/mol. The van der Waals surface area contributed by atoms with Crippen LogP contribution in [-0.2, 0) is 24.2 Å². The number of fused-ring (bicyclic) bond motifs is 1. The lowest BCUT2D eigenvalue weighted by Gasteiger charge is -2.12. The molecule has 4 heteroatoms. The van der Waals surface area contributed by atoms with Crippen LogP contribution in [0.25, 0.3) is 0 Å². The SMILES string of the molecule is O=C(O)Cn1cnc2c1CCCC2. The van der Waals surface area contributed by atoms with Crippen LogP contribution < -0.4 is 0 Å². The minimum atomic E-state index is -0.800. The number of carboxylic acids is 1. The Labute approximate surface area is 76.2 Å². The zero-order valence-electron chi connectivity index (χ0n) is 7.36. The Morgan fingerprint density at radius 3 is 3.08 bits per heavy atom. The molecule has 0 unspecified atom stereocenters. The van der Waals surface area contributed by atoms with Crippen molar-refractivity contribution < 1.29 is 9.90 Å². The highest BCUT2D eigenvalue weighted by atomic mass is 16.4. The van der Waals surface area contributed by atoms with Gasteiger partial charge in [-0.15, -0.1) is 0 Å². The van der Waals surface area contributed by atoms with Gasteiger partial charge in [-0.2, -0.15) is 0 Å². The summed E-state index contributed by atoms with van der Waals surface area (Å²) in [6, 6.07) is 0. The van der Waals surface area contributed by atoms with E-state index in [0.29, 0.717) is 0 Å². The molecule has 1 heterocycles. The summed E-state index contributed by atoms with van der Waals surface area (Å²) in [7, 11) is 0. The van der Waals surface area contributed by atoms with Gasteiger partial charge in [0.05, 0.1) is 12.0 Å². The Hall–Kier alpha value is -1.32. The largest absolute Gasteiger partial charge is 0.480 e. The second-order valence-corrected chi connectivity index (χ2v) is 3.37. The van der Waals surface area contributed by atoms with Crippen molar-refractivity contribution in [2.75, 3.05) is 0 Å². The second kappa shape index (κ2) is 3.20. The minimum Gasteiger partial charge on any atom is -0.480 e. The van der Waals surface area contributed by atoms with Crippen molar-refractivity contribution in [2.24, 2.45) is 0 Å². The molecule has 70 valence electrons. The maximum absolute atomic E-state index is 10.5. The third-order valence-corrected chi connectivity index (χ3v) is 2.42. The highest BCUT2D eigenvalue weighted by Gasteiger charge is 2.15. The number of hydrogen-bond donors (Lipinski definition) is 1. The van der Waals surface area contributed by atoms with Crippen LogP contribution in [0.4, 0.5) is 0 Å². The van der Waals surface area contributed by atoms with Crippen LogP contribution in [0.1, 0.15) is 24.2 Å². The lowest BCUT2D eigenvalue weighted by atomic mass is 10.0. The van der Waals surface area contributed by atoms with Gasteiger partial charge in [-0.3, -0.25) is 4.79 Å². The molecule has 1 aliphatic carbocycles. The number of aliphatic carboxylic acids is 1. The van der Waals surface area contributed by atoms with E-state index in [1.165, 1.54) is 6.42 Å². The summed E-state index contributed by atoms with van der Waals surface area (Å²) < 4.78 is 1.75. The summed E-state index contributed by atoms with van der Waals surface area (Å²) in [5, 5.41) is 8.64. The summed E-state index contributed by atoms with van der Waals surface area (Å²) >= 11 is 0. The molecule has 0 atom stereocenters. The van der Waals surface area contributed by atoms with Gasteiger partial charge in [-0.25, -0.2) is 4.98 Å². The first-order valence-electron chi connectivity index (χ1n) is 4.52. The van der Waals surface area contributed by atoms with Crippen molar-refractivity contribution in [3.63, 3.8) is 0 Å². The van der Waals surface area contributed by atoms with Crippen molar-refractivity contribution in [1.82, 2.24) is 9.55 Å². The van der Waals surface area contributed by atoms with E-state index >= 15 is 0 Å². The fourth-order valence-corrected chi connectivity index (χ4v) is 1.81.